The average molecular weight is 224 g/mol. The van der Waals surface area contributed by atoms with Crippen molar-refractivity contribution in [1.82, 2.24) is 0 Å². The van der Waals surface area contributed by atoms with Gasteiger partial charge in [0.05, 0.1) is 13.2 Å². The summed E-state index contributed by atoms with van der Waals surface area (Å²) in [5, 5.41) is 0. The van der Waals surface area contributed by atoms with Crippen molar-refractivity contribution >= 4 is 17.3 Å². The van der Waals surface area contributed by atoms with Crippen molar-refractivity contribution in [3.05, 3.63) is 35.7 Å². The summed E-state index contributed by atoms with van der Waals surface area (Å²) in [5.41, 5.74) is 0.643. The highest BCUT2D eigenvalue weighted by Crippen LogP contribution is 2.17. The second-order valence-corrected chi connectivity index (χ2v) is 3.58. The van der Waals surface area contributed by atoms with Gasteiger partial charge in [-0.05, 0) is 31.4 Å². The summed E-state index contributed by atoms with van der Waals surface area (Å²) in [5.74, 6) is 1.55. The largest absolute Gasteiger partial charge is 0.494 e. The molecule has 1 aromatic rings. The summed E-state index contributed by atoms with van der Waals surface area (Å²) < 4.78 is 5.51. The van der Waals surface area contributed by atoms with Crippen LogP contribution < -0.4 is 4.74 Å². The Labute approximate surface area is 95.6 Å². The number of unbranched alkanes of at least 4 members (excludes halogenated alkanes) is 2. The van der Waals surface area contributed by atoms with Gasteiger partial charge in [0, 0.05) is 5.88 Å². The third-order valence-corrected chi connectivity index (χ3v) is 2.28. The van der Waals surface area contributed by atoms with Crippen molar-refractivity contribution in [2.24, 2.45) is 0 Å². The fourth-order valence-corrected chi connectivity index (χ4v) is 1.37. The van der Waals surface area contributed by atoms with Gasteiger partial charge in [-0.2, -0.15) is 0 Å². The van der Waals surface area contributed by atoms with Crippen LogP contribution in [0, 0.1) is 6.57 Å². The standard InChI is InChI=1S/C12H14ClNO/c1-14-11-5-7-12(8-6-11)15-10-4-2-3-9-13/h5-8H,2-4,9-10H2. The molecule has 15 heavy (non-hydrogen) atoms. The van der Waals surface area contributed by atoms with Gasteiger partial charge < -0.3 is 4.74 Å². The molecular formula is C12H14ClNO. The molecule has 0 heterocycles. The van der Waals surface area contributed by atoms with Crippen molar-refractivity contribution in [3.8, 4) is 5.75 Å². The molecule has 1 rings (SSSR count). The van der Waals surface area contributed by atoms with Crippen LogP contribution in [0.25, 0.3) is 4.85 Å². The lowest BCUT2D eigenvalue weighted by Crippen LogP contribution is -1.96. The van der Waals surface area contributed by atoms with Crippen molar-refractivity contribution in [3.63, 3.8) is 0 Å². The smallest absolute Gasteiger partial charge is 0.187 e. The Hall–Kier alpha value is -1.20. The zero-order valence-electron chi connectivity index (χ0n) is 8.58. The number of hydrogen-bond donors (Lipinski definition) is 0. The second kappa shape index (κ2) is 7.14. The van der Waals surface area contributed by atoms with Crippen LogP contribution in [0.2, 0.25) is 0 Å². The van der Waals surface area contributed by atoms with Gasteiger partial charge in [0.25, 0.3) is 0 Å². The Morgan fingerprint density at radius 2 is 1.87 bits per heavy atom. The number of nitrogens with zero attached hydrogens (tertiary/aromatic N) is 1. The Kier molecular flexibility index (Phi) is 5.65. The summed E-state index contributed by atoms with van der Waals surface area (Å²) in [6.45, 7) is 7.52. The van der Waals surface area contributed by atoms with Gasteiger partial charge in [-0.15, -0.1) is 11.6 Å². The molecule has 0 fully saturated rings. The van der Waals surface area contributed by atoms with E-state index in [-0.39, 0.29) is 0 Å². The molecule has 0 N–H and O–H groups in total. The van der Waals surface area contributed by atoms with E-state index in [0.29, 0.717) is 12.3 Å². The molecule has 0 saturated carbocycles. The molecule has 0 unspecified atom stereocenters. The van der Waals surface area contributed by atoms with Gasteiger partial charge in [-0.3, -0.25) is 0 Å². The lowest BCUT2D eigenvalue weighted by Gasteiger charge is -2.05. The lowest BCUT2D eigenvalue weighted by molar-refractivity contribution is 0.306. The van der Waals surface area contributed by atoms with Crippen LogP contribution in [-0.4, -0.2) is 12.5 Å². The molecule has 80 valence electrons. The van der Waals surface area contributed by atoms with Crippen LogP contribution in [0.4, 0.5) is 5.69 Å². The fourth-order valence-electron chi connectivity index (χ4n) is 1.18. The first-order chi connectivity index (χ1) is 7.36. The van der Waals surface area contributed by atoms with Crippen molar-refractivity contribution < 1.29 is 4.74 Å². The van der Waals surface area contributed by atoms with Crippen LogP contribution in [-0.2, 0) is 0 Å². The van der Waals surface area contributed by atoms with Gasteiger partial charge >= 0.3 is 0 Å². The minimum Gasteiger partial charge on any atom is -0.494 e. The van der Waals surface area contributed by atoms with Crippen molar-refractivity contribution in [2.75, 3.05) is 12.5 Å². The number of ether oxygens (including phenoxy) is 1. The zero-order chi connectivity index (χ0) is 10.9. The number of hydrogen-bond acceptors (Lipinski definition) is 1. The van der Waals surface area contributed by atoms with Crippen LogP contribution in [0.15, 0.2) is 24.3 Å². The molecule has 0 aliphatic heterocycles. The van der Waals surface area contributed by atoms with E-state index in [2.05, 4.69) is 4.85 Å². The fraction of sp³-hybridized carbons (Fsp3) is 0.417. The van der Waals surface area contributed by atoms with Gasteiger partial charge in [-0.25, -0.2) is 4.85 Å². The van der Waals surface area contributed by atoms with E-state index in [4.69, 9.17) is 22.9 Å². The molecule has 0 bridgehead atoms. The molecule has 0 spiro atoms. The molecule has 0 atom stereocenters. The molecule has 3 heteroatoms. The summed E-state index contributed by atoms with van der Waals surface area (Å²) in [4.78, 5) is 3.31. The van der Waals surface area contributed by atoms with Crippen molar-refractivity contribution in [2.45, 2.75) is 19.3 Å². The highest BCUT2D eigenvalue weighted by Gasteiger charge is 1.94. The first-order valence-corrected chi connectivity index (χ1v) is 5.56. The van der Waals surface area contributed by atoms with Gasteiger partial charge in [0.15, 0.2) is 5.69 Å². The second-order valence-electron chi connectivity index (χ2n) is 3.20. The maximum Gasteiger partial charge on any atom is 0.187 e. The highest BCUT2D eigenvalue weighted by atomic mass is 35.5. The normalized spacial score (nSPS) is 9.60. The molecule has 0 amide bonds. The average Bonchev–Trinajstić information content (AvgIpc) is 2.30. The van der Waals surface area contributed by atoms with Gasteiger partial charge in [0.1, 0.15) is 5.75 Å². The van der Waals surface area contributed by atoms with Crippen LogP contribution >= 0.6 is 11.6 Å². The molecular weight excluding hydrogens is 210 g/mol. The van der Waals surface area contributed by atoms with E-state index in [0.717, 1.165) is 30.9 Å². The quantitative estimate of drug-likeness (QED) is 0.403. The summed E-state index contributed by atoms with van der Waals surface area (Å²) in [7, 11) is 0. The summed E-state index contributed by atoms with van der Waals surface area (Å²) >= 11 is 5.56. The topological polar surface area (TPSA) is 13.6 Å². The number of alkyl halides is 1. The monoisotopic (exact) mass is 223 g/mol. The first-order valence-electron chi connectivity index (χ1n) is 5.03. The molecule has 0 aliphatic rings. The molecule has 0 radical (unpaired) electrons. The molecule has 1 aromatic carbocycles. The number of benzene rings is 1. The van der Waals surface area contributed by atoms with E-state index in [1.54, 1.807) is 12.1 Å². The van der Waals surface area contributed by atoms with E-state index in [1.807, 2.05) is 12.1 Å². The lowest BCUT2D eigenvalue weighted by atomic mass is 10.2. The Balaban J connectivity index is 2.23. The van der Waals surface area contributed by atoms with Gasteiger partial charge in [0.2, 0.25) is 0 Å². The summed E-state index contributed by atoms with van der Waals surface area (Å²) in [6.07, 6.45) is 3.17. The molecule has 0 saturated heterocycles. The molecule has 0 aliphatic carbocycles. The minimum absolute atomic E-state index is 0.643. The Morgan fingerprint density at radius 3 is 2.47 bits per heavy atom. The Bertz CT molecular complexity index is 315. The number of halogens is 1. The van der Waals surface area contributed by atoms with Crippen LogP contribution in [0.5, 0.6) is 5.75 Å². The predicted molar refractivity (Wildman–Crippen MR) is 62.8 cm³/mol. The zero-order valence-corrected chi connectivity index (χ0v) is 9.33. The molecule has 2 nitrogen and oxygen atoms in total. The highest BCUT2D eigenvalue weighted by molar-refractivity contribution is 6.17. The van der Waals surface area contributed by atoms with E-state index < -0.39 is 0 Å². The van der Waals surface area contributed by atoms with E-state index in [1.165, 1.54) is 0 Å². The van der Waals surface area contributed by atoms with Crippen LogP contribution in [0.3, 0.4) is 0 Å². The van der Waals surface area contributed by atoms with E-state index >= 15 is 0 Å². The maximum atomic E-state index is 6.80. The predicted octanol–water partition coefficient (Wildman–Crippen LogP) is 4.03. The van der Waals surface area contributed by atoms with E-state index in [9.17, 15) is 0 Å². The third-order valence-electron chi connectivity index (χ3n) is 2.01. The summed E-state index contributed by atoms with van der Waals surface area (Å²) in [6, 6.07) is 7.19. The van der Waals surface area contributed by atoms with Crippen LogP contribution in [0.1, 0.15) is 19.3 Å². The SMILES string of the molecule is [C-]#[N+]c1ccc(OCCCCCCl)cc1. The Morgan fingerprint density at radius 1 is 1.13 bits per heavy atom. The van der Waals surface area contributed by atoms with Crippen molar-refractivity contribution in [1.29, 1.82) is 0 Å². The first kappa shape index (κ1) is 11.9. The third kappa shape index (κ3) is 4.71. The minimum atomic E-state index is 0.643. The maximum absolute atomic E-state index is 6.80. The molecule has 0 aromatic heterocycles. The van der Waals surface area contributed by atoms with Gasteiger partial charge in [-0.1, -0.05) is 12.1 Å². The number of rotatable bonds is 6.